The zero-order chi connectivity index (χ0) is 51.0. The van der Waals surface area contributed by atoms with E-state index < -0.39 is 33.2 Å². The van der Waals surface area contributed by atoms with E-state index >= 15 is 0 Å². The molecule has 0 fully saturated rings. The fourth-order valence-electron chi connectivity index (χ4n) is 9.60. The van der Waals surface area contributed by atoms with Crippen molar-refractivity contribution < 1.29 is 43.0 Å². The van der Waals surface area contributed by atoms with Gasteiger partial charge in [-0.2, -0.15) is 0 Å². The van der Waals surface area contributed by atoms with Gasteiger partial charge in [-0.05, 0) is 12.8 Å². The maximum Gasteiger partial charge on any atom is 0.472 e. The lowest BCUT2D eigenvalue weighted by molar-refractivity contribution is -0.154. The van der Waals surface area contributed by atoms with Crippen LogP contribution in [0.5, 0.6) is 0 Å². The van der Waals surface area contributed by atoms with Crippen LogP contribution in [-0.2, 0) is 27.9 Å². The molecule has 0 saturated heterocycles. The van der Waals surface area contributed by atoms with Gasteiger partial charge in [-0.15, -0.1) is 0 Å². The minimum absolute atomic E-state index is 0.0592. The highest BCUT2D eigenvalue weighted by Gasteiger charge is 2.26. The Bertz CT molecular complexity index is 1060. The van der Waals surface area contributed by atoms with Crippen LogP contribution in [0.2, 0.25) is 0 Å². The SMILES string of the molecule is CCCCCCCCCCCCCCCCCCCCCCCCCCCCCCCC(=O)O[C@H](COCCCCCCCCCCCCCCCCCCCCCC)COP(=O)(O)OC[C@@H](O)CO. The summed E-state index contributed by atoms with van der Waals surface area (Å²) in [4.78, 5) is 22.8. The Kier molecular flexibility index (Phi) is 57.3. The molecule has 0 aromatic rings. The summed E-state index contributed by atoms with van der Waals surface area (Å²) in [6, 6.07) is 0. The molecule has 0 aliphatic carbocycles. The zero-order valence-corrected chi connectivity index (χ0v) is 47.7. The number of aliphatic hydroxyl groups is 2. The van der Waals surface area contributed by atoms with Crippen molar-refractivity contribution in [2.75, 3.05) is 33.0 Å². The minimum atomic E-state index is -4.52. The zero-order valence-electron chi connectivity index (χ0n) is 46.8. The van der Waals surface area contributed by atoms with E-state index in [2.05, 4.69) is 13.8 Å². The van der Waals surface area contributed by atoms with E-state index in [9.17, 15) is 19.4 Å². The van der Waals surface area contributed by atoms with Gasteiger partial charge in [-0.3, -0.25) is 13.8 Å². The van der Waals surface area contributed by atoms with E-state index in [1.54, 1.807) is 0 Å². The first-order valence-corrected chi connectivity index (χ1v) is 32.5. The molecular formula is C60H121O9P. The molecule has 9 nitrogen and oxygen atoms in total. The molecule has 0 aliphatic heterocycles. The van der Waals surface area contributed by atoms with Crippen LogP contribution in [0.1, 0.15) is 335 Å². The van der Waals surface area contributed by atoms with Crippen molar-refractivity contribution in [2.24, 2.45) is 0 Å². The first-order valence-electron chi connectivity index (χ1n) is 31.0. The monoisotopic (exact) mass is 1020 g/mol. The molecule has 70 heavy (non-hydrogen) atoms. The molecule has 0 aromatic carbocycles. The van der Waals surface area contributed by atoms with Crippen LogP contribution < -0.4 is 0 Å². The van der Waals surface area contributed by atoms with Gasteiger partial charge in [-0.25, -0.2) is 4.57 Å². The first-order chi connectivity index (χ1) is 34.3. The Balaban J connectivity index is 3.87. The predicted molar refractivity (Wildman–Crippen MR) is 298 cm³/mol. The van der Waals surface area contributed by atoms with Crippen molar-refractivity contribution in [2.45, 2.75) is 347 Å². The molecule has 420 valence electrons. The quantitative estimate of drug-likeness (QED) is 0.0309. The van der Waals surface area contributed by atoms with E-state index in [1.165, 1.54) is 283 Å². The summed E-state index contributed by atoms with van der Waals surface area (Å²) in [6.07, 6.45) is 63.9. The Morgan fingerprint density at radius 1 is 0.386 bits per heavy atom. The van der Waals surface area contributed by atoms with Crippen molar-refractivity contribution >= 4 is 13.8 Å². The highest BCUT2D eigenvalue weighted by atomic mass is 31.2. The first kappa shape index (κ1) is 69.5. The average molecular weight is 1020 g/mol. The van der Waals surface area contributed by atoms with Gasteiger partial charge >= 0.3 is 13.8 Å². The smallest absolute Gasteiger partial charge is 0.457 e. The summed E-state index contributed by atoms with van der Waals surface area (Å²) < 4.78 is 33.7. The lowest BCUT2D eigenvalue weighted by Crippen LogP contribution is -2.29. The fourth-order valence-corrected chi connectivity index (χ4v) is 10.4. The van der Waals surface area contributed by atoms with E-state index in [0.29, 0.717) is 6.61 Å². The van der Waals surface area contributed by atoms with Crippen molar-refractivity contribution in [3.8, 4) is 0 Å². The van der Waals surface area contributed by atoms with Crippen molar-refractivity contribution in [1.82, 2.24) is 0 Å². The molecule has 3 atom stereocenters. The summed E-state index contributed by atoms with van der Waals surface area (Å²) in [6.45, 7) is 3.63. The molecule has 0 aromatic heterocycles. The molecule has 0 heterocycles. The molecule has 0 amide bonds. The lowest BCUT2D eigenvalue weighted by atomic mass is 10.0. The number of rotatable bonds is 61. The number of esters is 1. The third-order valence-corrected chi connectivity index (χ3v) is 15.2. The van der Waals surface area contributed by atoms with Crippen LogP contribution in [0, 0.1) is 0 Å². The number of aliphatic hydroxyl groups excluding tert-OH is 2. The third kappa shape index (κ3) is 56.8. The van der Waals surface area contributed by atoms with E-state index in [-0.39, 0.29) is 25.6 Å². The topological polar surface area (TPSA) is 132 Å². The lowest BCUT2D eigenvalue weighted by Gasteiger charge is -2.20. The van der Waals surface area contributed by atoms with Gasteiger partial charge in [0.1, 0.15) is 12.2 Å². The van der Waals surface area contributed by atoms with Crippen LogP contribution in [0.15, 0.2) is 0 Å². The molecule has 0 aliphatic rings. The average Bonchev–Trinajstić information content (AvgIpc) is 3.35. The molecular weight excluding hydrogens is 896 g/mol. The van der Waals surface area contributed by atoms with Crippen LogP contribution in [0.4, 0.5) is 0 Å². The van der Waals surface area contributed by atoms with Crippen molar-refractivity contribution in [3.63, 3.8) is 0 Å². The third-order valence-electron chi connectivity index (χ3n) is 14.3. The van der Waals surface area contributed by atoms with Gasteiger partial charge in [-0.1, -0.05) is 316 Å². The van der Waals surface area contributed by atoms with Gasteiger partial charge in [0.05, 0.1) is 26.4 Å². The van der Waals surface area contributed by atoms with Crippen molar-refractivity contribution in [1.29, 1.82) is 0 Å². The second-order valence-corrected chi connectivity index (χ2v) is 22.9. The molecule has 0 radical (unpaired) electrons. The van der Waals surface area contributed by atoms with Gasteiger partial charge < -0.3 is 24.6 Å². The Labute approximate surface area is 435 Å². The Hall–Kier alpha value is -0.540. The van der Waals surface area contributed by atoms with E-state index in [0.717, 1.165) is 32.1 Å². The highest BCUT2D eigenvalue weighted by molar-refractivity contribution is 7.47. The molecule has 1 unspecified atom stereocenters. The number of hydrogen-bond donors (Lipinski definition) is 3. The number of phosphoric acid groups is 1. The number of phosphoric ester groups is 1. The number of carbonyl (C=O) groups is 1. The van der Waals surface area contributed by atoms with Crippen LogP contribution in [0.25, 0.3) is 0 Å². The van der Waals surface area contributed by atoms with Crippen LogP contribution >= 0.6 is 7.82 Å². The van der Waals surface area contributed by atoms with Gasteiger partial charge in [0.2, 0.25) is 0 Å². The molecule has 0 saturated carbocycles. The molecule has 0 rings (SSSR count). The normalized spacial score (nSPS) is 13.5. The number of carbonyl (C=O) groups excluding carboxylic acids is 1. The summed E-state index contributed by atoms with van der Waals surface area (Å²) in [5, 5.41) is 18.5. The summed E-state index contributed by atoms with van der Waals surface area (Å²) >= 11 is 0. The second kappa shape index (κ2) is 57.7. The highest BCUT2D eigenvalue weighted by Crippen LogP contribution is 2.43. The Morgan fingerprint density at radius 3 is 0.929 bits per heavy atom. The summed E-state index contributed by atoms with van der Waals surface area (Å²) in [5.74, 6) is -0.370. The number of unbranched alkanes of at least 4 members (excludes halogenated alkanes) is 47. The van der Waals surface area contributed by atoms with Crippen molar-refractivity contribution in [3.05, 3.63) is 0 Å². The number of hydrogen-bond acceptors (Lipinski definition) is 8. The van der Waals surface area contributed by atoms with E-state index in [1.807, 2.05) is 0 Å². The van der Waals surface area contributed by atoms with Gasteiger partial charge in [0.15, 0.2) is 0 Å². The maximum absolute atomic E-state index is 12.8. The molecule has 3 N–H and O–H groups in total. The van der Waals surface area contributed by atoms with Gasteiger partial charge in [0, 0.05) is 13.0 Å². The van der Waals surface area contributed by atoms with E-state index in [4.69, 9.17) is 23.6 Å². The van der Waals surface area contributed by atoms with Crippen LogP contribution in [-0.4, -0.2) is 66.3 Å². The summed E-state index contributed by atoms with van der Waals surface area (Å²) in [5.41, 5.74) is 0. The standard InChI is InChI=1S/C60H121O9P/c1-3-5-7-9-11-13-15-17-19-21-23-25-26-27-28-29-30-31-32-33-34-36-38-40-42-44-46-48-50-52-60(63)69-59(57-68-70(64,65)67-55-58(62)54-61)56-66-53-51-49-47-45-43-41-39-37-35-24-22-20-18-16-14-12-10-8-6-4-2/h58-59,61-62H,3-57H2,1-2H3,(H,64,65)/t58-,59+/m0/s1. The number of ether oxygens (including phenoxy) is 2. The largest absolute Gasteiger partial charge is 0.472 e. The fraction of sp³-hybridized carbons (Fsp3) is 0.983. The summed E-state index contributed by atoms with van der Waals surface area (Å²) in [7, 11) is -4.52. The molecule has 0 spiro atoms. The van der Waals surface area contributed by atoms with Gasteiger partial charge in [0.25, 0.3) is 0 Å². The minimum Gasteiger partial charge on any atom is -0.457 e. The predicted octanol–water partition coefficient (Wildman–Crippen LogP) is 18.9. The maximum atomic E-state index is 12.8. The second-order valence-electron chi connectivity index (χ2n) is 21.5. The van der Waals surface area contributed by atoms with Crippen LogP contribution in [0.3, 0.4) is 0 Å². The Morgan fingerprint density at radius 2 is 0.643 bits per heavy atom. The molecule has 0 bridgehead atoms. The molecule has 10 heteroatoms.